The van der Waals surface area contributed by atoms with Crippen molar-refractivity contribution in [1.82, 2.24) is 19.8 Å². The van der Waals surface area contributed by atoms with Crippen molar-refractivity contribution in [1.29, 1.82) is 0 Å². The van der Waals surface area contributed by atoms with Crippen molar-refractivity contribution in [3.8, 4) is 0 Å². The third kappa shape index (κ3) is 6.33. The summed E-state index contributed by atoms with van der Waals surface area (Å²) in [5.41, 5.74) is 0. The number of hydrogen-bond acceptors (Lipinski definition) is 2. The third-order valence-corrected chi connectivity index (χ3v) is 3.33. The van der Waals surface area contributed by atoms with Crippen LogP contribution in [0.1, 0.15) is 39.4 Å². The van der Waals surface area contributed by atoms with E-state index in [1.807, 2.05) is 18.5 Å². The van der Waals surface area contributed by atoms with Gasteiger partial charge >= 0.3 is 0 Å². The van der Waals surface area contributed by atoms with Crippen molar-refractivity contribution in [3.63, 3.8) is 0 Å². The molecule has 0 saturated heterocycles. The summed E-state index contributed by atoms with van der Waals surface area (Å²) >= 11 is 0. The molecule has 0 aliphatic carbocycles. The van der Waals surface area contributed by atoms with E-state index in [-0.39, 0.29) is 0 Å². The lowest BCUT2D eigenvalue weighted by atomic mass is 10.2. The zero-order valence-corrected chi connectivity index (χ0v) is 14.5. The fourth-order valence-corrected chi connectivity index (χ4v) is 2.25. The van der Waals surface area contributed by atoms with E-state index in [1.165, 1.54) is 0 Å². The first-order chi connectivity index (χ1) is 10.6. The van der Waals surface area contributed by atoms with Crippen molar-refractivity contribution >= 4 is 5.96 Å². The fourth-order valence-electron chi connectivity index (χ4n) is 2.25. The molecule has 0 radical (unpaired) electrons. The number of unbranched alkanes of at least 4 members (excludes halogenated alkanes) is 1. The van der Waals surface area contributed by atoms with Gasteiger partial charge in [-0.15, -0.1) is 6.58 Å². The first-order valence-corrected chi connectivity index (χ1v) is 8.18. The summed E-state index contributed by atoms with van der Waals surface area (Å²) in [6.07, 6.45) is 7.97. The number of allylic oxidation sites excluding steroid dienone is 1. The average molecular weight is 305 g/mol. The van der Waals surface area contributed by atoms with Crippen LogP contribution in [0, 0.1) is 5.92 Å². The molecule has 0 aliphatic heterocycles. The first-order valence-electron chi connectivity index (χ1n) is 8.18. The van der Waals surface area contributed by atoms with Gasteiger partial charge in [0.2, 0.25) is 0 Å². The third-order valence-electron chi connectivity index (χ3n) is 3.33. The highest BCUT2D eigenvalue weighted by molar-refractivity contribution is 5.79. The molecule has 1 heterocycles. The number of rotatable bonds is 9. The molecule has 1 rings (SSSR count). The summed E-state index contributed by atoms with van der Waals surface area (Å²) in [4.78, 5) is 11.3. The molecule has 124 valence electrons. The Morgan fingerprint density at radius 3 is 2.95 bits per heavy atom. The molecule has 5 heteroatoms. The second-order valence-electron chi connectivity index (χ2n) is 5.91. The van der Waals surface area contributed by atoms with Gasteiger partial charge in [-0.3, -0.25) is 0 Å². The Kier molecular flexibility index (Phi) is 8.33. The minimum absolute atomic E-state index is 0.603. The predicted molar refractivity (Wildman–Crippen MR) is 93.9 cm³/mol. The van der Waals surface area contributed by atoms with Crippen LogP contribution in [0.15, 0.2) is 30.0 Å². The van der Waals surface area contributed by atoms with E-state index in [2.05, 4.69) is 54.2 Å². The number of aliphatic imine (C=N–C) groups is 1. The maximum atomic E-state index is 4.72. The maximum absolute atomic E-state index is 4.72. The van der Waals surface area contributed by atoms with Gasteiger partial charge in [-0.1, -0.05) is 19.9 Å². The number of nitrogens with one attached hydrogen (secondary N) is 1. The Bertz CT molecular complexity index is 461. The molecule has 0 aromatic carbocycles. The Morgan fingerprint density at radius 2 is 2.32 bits per heavy atom. The SMILES string of the molecule is C=CCCCN(C)C(=NCc1nccn1CC(C)C)NCC. The lowest BCUT2D eigenvalue weighted by molar-refractivity contribution is 0.467. The highest BCUT2D eigenvalue weighted by Gasteiger charge is 2.07. The molecule has 0 amide bonds. The van der Waals surface area contributed by atoms with Crippen LogP contribution in [0.5, 0.6) is 0 Å². The quantitative estimate of drug-likeness (QED) is 0.330. The largest absolute Gasteiger partial charge is 0.357 e. The van der Waals surface area contributed by atoms with Crippen molar-refractivity contribution < 1.29 is 0 Å². The van der Waals surface area contributed by atoms with E-state index in [4.69, 9.17) is 4.99 Å². The molecule has 0 saturated carbocycles. The minimum atomic E-state index is 0.603. The minimum Gasteiger partial charge on any atom is -0.357 e. The summed E-state index contributed by atoms with van der Waals surface area (Å²) in [6, 6.07) is 0. The zero-order valence-electron chi connectivity index (χ0n) is 14.5. The van der Waals surface area contributed by atoms with Gasteiger partial charge in [0.05, 0.1) is 0 Å². The van der Waals surface area contributed by atoms with E-state index < -0.39 is 0 Å². The van der Waals surface area contributed by atoms with Gasteiger partial charge < -0.3 is 14.8 Å². The van der Waals surface area contributed by atoms with Crippen LogP contribution in [0.4, 0.5) is 0 Å². The molecule has 5 nitrogen and oxygen atoms in total. The summed E-state index contributed by atoms with van der Waals surface area (Å²) in [5.74, 6) is 2.56. The number of aromatic nitrogens is 2. The summed E-state index contributed by atoms with van der Waals surface area (Å²) < 4.78 is 2.19. The molecular weight excluding hydrogens is 274 g/mol. The smallest absolute Gasteiger partial charge is 0.194 e. The molecule has 0 fully saturated rings. The van der Waals surface area contributed by atoms with Gasteiger partial charge in [0, 0.05) is 39.1 Å². The number of guanidine groups is 1. The van der Waals surface area contributed by atoms with Crippen molar-refractivity contribution in [2.45, 2.75) is 46.7 Å². The van der Waals surface area contributed by atoms with E-state index in [0.29, 0.717) is 12.5 Å². The monoisotopic (exact) mass is 305 g/mol. The number of nitrogens with zero attached hydrogens (tertiary/aromatic N) is 4. The summed E-state index contributed by atoms with van der Waals surface area (Å²) in [7, 11) is 2.07. The summed E-state index contributed by atoms with van der Waals surface area (Å²) in [6.45, 7) is 13.7. The zero-order chi connectivity index (χ0) is 16.4. The molecule has 1 aromatic rings. The Morgan fingerprint density at radius 1 is 1.55 bits per heavy atom. The molecular formula is C17H31N5. The molecule has 0 spiro atoms. The van der Waals surface area contributed by atoms with Crippen molar-refractivity contribution in [2.24, 2.45) is 10.9 Å². The maximum Gasteiger partial charge on any atom is 0.194 e. The number of imidazole rings is 1. The highest BCUT2D eigenvalue weighted by atomic mass is 15.3. The van der Waals surface area contributed by atoms with Gasteiger partial charge in [0.1, 0.15) is 12.4 Å². The van der Waals surface area contributed by atoms with Crippen LogP contribution >= 0.6 is 0 Å². The lowest BCUT2D eigenvalue weighted by Gasteiger charge is -2.21. The molecule has 0 aliphatic rings. The Labute approximate surface area is 135 Å². The van der Waals surface area contributed by atoms with Crippen LogP contribution in [0.25, 0.3) is 0 Å². The molecule has 22 heavy (non-hydrogen) atoms. The first kappa shape index (κ1) is 18.3. The standard InChI is InChI=1S/C17H31N5/c1-6-8-9-11-21(5)17(18-7-2)20-13-16-19-10-12-22(16)14-15(3)4/h6,10,12,15H,1,7-9,11,13-14H2,2-5H3,(H,18,20). The van der Waals surface area contributed by atoms with Gasteiger partial charge in [-0.2, -0.15) is 0 Å². The number of hydrogen-bond donors (Lipinski definition) is 1. The van der Waals surface area contributed by atoms with Crippen LogP contribution in [-0.2, 0) is 13.1 Å². The Balaban J connectivity index is 2.68. The average Bonchev–Trinajstić information content (AvgIpc) is 2.90. The van der Waals surface area contributed by atoms with Crippen LogP contribution in [-0.4, -0.2) is 40.5 Å². The summed E-state index contributed by atoms with van der Waals surface area (Å²) in [5, 5.41) is 3.35. The van der Waals surface area contributed by atoms with E-state index in [0.717, 1.165) is 44.3 Å². The van der Waals surface area contributed by atoms with E-state index in [1.54, 1.807) is 0 Å². The molecule has 1 aromatic heterocycles. The van der Waals surface area contributed by atoms with E-state index >= 15 is 0 Å². The van der Waals surface area contributed by atoms with Gasteiger partial charge in [-0.25, -0.2) is 9.98 Å². The molecule has 0 bridgehead atoms. The Hall–Kier alpha value is -1.78. The van der Waals surface area contributed by atoms with Gasteiger partial charge in [-0.05, 0) is 25.7 Å². The van der Waals surface area contributed by atoms with Crippen LogP contribution in [0.2, 0.25) is 0 Å². The van der Waals surface area contributed by atoms with E-state index in [9.17, 15) is 0 Å². The molecule has 0 atom stereocenters. The molecule has 0 unspecified atom stereocenters. The predicted octanol–water partition coefficient (Wildman–Crippen LogP) is 2.90. The topological polar surface area (TPSA) is 45.5 Å². The van der Waals surface area contributed by atoms with Crippen LogP contribution in [0.3, 0.4) is 0 Å². The molecule has 1 N–H and O–H groups in total. The van der Waals surface area contributed by atoms with Crippen molar-refractivity contribution in [2.75, 3.05) is 20.1 Å². The second kappa shape index (κ2) is 10.0. The fraction of sp³-hybridized carbons (Fsp3) is 0.647. The normalized spacial score (nSPS) is 11.8. The van der Waals surface area contributed by atoms with Crippen LogP contribution < -0.4 is 5.32 Å². The van der Waals surface area contributed by atoms with Gasteiger partial charge in [0.25, 0.3) is 0 Å². The highest BCUT2D eigenvalue weighted by Crippen LogP contribution is 2.05. The lowest BCUT2D eigenvalue weighted by Crippen LogP contribution is -2.39. The van der Waals surface area contributed by atoms with Crippen molar-refractivity contribution in [3.05, 3.63) is 30.9 Å². The van der Waals surface area contributed by atoms with Gasteiger partial charge in [0.15, 0.2) is 5.96 Å². The second-order valence-corrected chi connectivity index (χ2v) is 5.91.